The number of anilines is 1. The third-order valence-electron chi connectivity index (χ3n) is 4.38. The second-order valence-electron chi connectivity index (χ2n) is 6.38. The molecule has 0 atom stereocenters. The van der Waals surface area contributed by atoms with Gasteiger partial charge >= 0.3 is 0 Å². The number of rotatable bonds is 4. The van der Waals surface area contributed by atoms with Gasteiger partial charge in [-0.3, -0.25) is 4.79 Å². The summed E-state index contributed by atoms with van der Waals surface area (Å²) in [5.74, 6) is -0.281. The Balaban J connectivity index is 1.77. The van der Waals surface area contributed by atoms with E-state index in [0.717, 1.165) is 47.4 Å². The molecule has 1 aromatic carbocycles. The van der Waals surface area contributed by atoms with E-state index in [-0.39, 0.29) is 10.8 Å². The Bertz CT molecular complexity index is 881. The van der Waals surface area contributed by atoms with Crippen LogP contribution in [0.2, 0.25) is 0 Å². The van der Waals surface area contributed by atoms with E-state index in [1.54, 1.807) is 5.38 Å². The van der Waals surface area contributed by atoms with Crippen molar-refractivity contribution in [2.45, 2.75) is 38.0 Å². The van der Waals surface area contributed by atoms with E-state index < -0.39 is 10.0 Å². The van der Waals surface area contributed by atoms with Crippen molar-refractivity contribution in [2.75, 3.05) is 18.4 Å². The van der Waals surface area contributed by atoms with Crippen molar-refractivity contribution >= 4 is 33.0 Å². The molecule has 1 fully saturated rings. The highest BCUT2D eigenvalue weighted by Crippen LogP contribution is 2.26. The Morgan fingerprint density at radius 1 is 1.12 bits per heavy atom. The molecule has 0 aliphatic carbocycles. The monoisotopic (exact) mass is 378 g/mol. The van der Waals surface area contributed by atoms with Crippen LogP contribution in [0.25, 0.3) is 0 Å². The molecule has 3 rings (SSSR count). The largest absolute Gasteiger partial charge is 0.321 e. The molecule has 0 spiro atoms. The van der Waals surface area contributed by atoms with Gasteiger partial charge in [-0.1, -0.05) is 24.1 Å². The van der Waals surface area contributed by atoms with Gasteiger partial charge in [0.2, 0.25) is 10.0 Å². The standard InChI is InChI=1S/C18H22N2O3S2/c1-13-6-7-16(14(2)10-13)19-18(21)17-11-15(12-24-17)25(22,23)20-8-4-3-5-9-20/h6-7,10-12H,3-5,8-9H2,1-2H3,(H,19,21). The predicted molar refractivity (Wildman–Crippen MR) is 101 cm³/mol. The van der Waals surface area contributed by atoms with Crippen molar-refractivity contribution in [3.05, 3.63) is 45.6 Å². The topological polar surface area (TPSA) is 66.5 Å². The zero-order valence-corrected chi connectivity index (χ0v) is 16.0. The van der Waals surface area contributed by atoms with Crippen LogP contribution in [0.1, 0.15) is 40.1 Å². The molecule has 2 heterocycles. The SMILES string of the molecule is Cc1ccc(NC(=O)c2cc(S(=O)(=O)N3CCCCC3)cs2)c(C)c1. The highest BCUT2D eigenvalue weighted by atomic mass is 32.2. The Morgan fingerprint density at radius 2 is 1.84 bits per heavy atom. The number of sulfonamides is 1. The van der Waals surface area contributed by atoms with Gasteiger partial charge in [0.15, 0.2) is 0 Å². The highest BCUT2D eigenvalue weighted by molar-refractivity contribution is 7.89. The van der Waals surface area contributed by atoms with E-state index >= 15 is 0 Å². The smallest absolute Gasteiger partial charge is 0.265 e. The van der Waals surface area contributed by atoms with Gasteiger partial charge in [-0.2, -0.15) is 4.31 Å². The van der Waals surface area contributed by atoms with Crippen LogP contribution < -0.4 is 5.32 Å². The first-order valence-electron chi connectivity index (χ1n) is 8.35. The van der Waals surface area contributed by atoms with Crippen LogP contribution in [0, 0.1) is 13.8 Å². The molecular weight excluding hydrogens is 356 g/mol. The number of thiophene rings is 1. The maximum absolute atomic E-state index is 12.7. The first-order chi connectivity index (χ1) is 11.9. The molecule has 2 aromatic rings. The van der Waals surface area contributed by atoms with Gasteiger partial charge in [-0.25, -0.2) is 8.42 Å². The van der Waals surface area contributed by atoms with Crippen LogP contribution in [-0.4, -0.2) is 31.7 Å². The van der Waals surface area contributed by atoms with E-state index in [1.807, 2.05) is 32.0 Å². The van der Waals surface area contributed by atoms with Gasteiger partial charge < -0.3 is 5.32 Å². The fourth-order valence-corrected chi connectivity index (χ4v) is 5.64. The minimum absolute atomic E-state index is 0.213. The van der Waals surface area contributed by atoms with Crippen molar-refractivity contribution in [3.63, 3.8) is 0 Å². The molecule has 1 amide bonds. The lowest BCUT2D eigenvalue weighted by atomic mass is 10.1. The molecule has 1 aliphatic heterocycles. The number of nitrogens with zero attached hydrogens (tertiary/aromatic N) is 1. The summed E-state index contributed by atoms with van der Waals surface area (Å²) in [6, 6.07) is 7.27. The van der Waals surface area contributed by atoms with Gasteiger partial charge in [0, 0.05) is 24.2 Å². The molecular formula is C18H22N2O3S2. The molecule has 1 saturated heterocycles. The van der Waals surface area contributed by atoms with E-state index in [4.69, 9.17) is 0 Å². The Labute approximate surface area is 152 Å². The maximum Gasteiger partial charge on any atom is 0.265 e. The lowest BCUT2D eigenvalue weighted by molar-refractivity contribution is 0.103. The molecule has 0 unspecified atom stereocenters. The molecule has 1 aromatic heterocycles. The third kappa shape index (κ3) is 3.94. The average molecular weight is 379 g/mol. The van der Waals surface area contributed by atoms with Gasteiger partial charge in [0.1, 0.15) is 0 Å². The van der Waals surface area contributed by atoms with E-state index in [1.165, 1.54) is 10.4 Å². The lowest BCUT2D eigenvalue weighted by Crippen LogP contribution is -2.35. The third-order valence-corrected chi connectivity index (χ3v) is 7.34. The normalized spacial score (nSPS) is 15.9. The number of benzene rings is 1. The fourth-order valence-electron chi connectivity index (χ4n) is 2.97. The Kier molecular flexibility index (Phi) is 5.27. The van der Waals surface area contributed by atoms with Crippen molar-refractivity contribution in [1.29, 1.82) is 0 Å². The maximum atomic E-state index is 12.7. The summed E-state index contributed by atoms with van der Waals surface area (Å²) in [5.41, 5.74) is 2.84. The van der Waals surface area contributed by atoms with E-state index in [0.29, 0.717) is 18.0 Å². The summed E-state index contributed by atoms with van der Waals surface area (Å²) < 4.78 is 26.9. The predicted octanol–water partition coefficient (Wildman–Crippen LogP) is 3.79. The van der Waals surface area contributed by atoms with Crippen LogP contribution in [0.5, 0.6) is 0 Å². The van der Waals surface area contributed by atoms with Crippen molar-refractivity contribution in [3.8, 4) is 0 Å². The Morgan fingerprint density at radius 3 is 2.52 bits per heavy atom. The number of piperidine rings is 1. The molecule has 1 N–H and O–H groups in total. The van der Waals surface area contributed by atoms with Crippen molar-refractivity contribution in [1.82, 2.24) is 4.31 Å². The van der Waals surface area contributed by atoms with Gasteiger partial charge in [-0.05, 0) is 44.4 Å². The minimum atomic E-state index is -3.50. The number of carbonyl (C=O) groups is 1. The lowest BCUT2D eigenvalue weighted by Gasteiger charge is -2.25. The fraction of sp³-hybridized carbons (Fsp3) is 0.389. The molecule has 0 bridgehead atoms. The van der Waals surface area contributed by atoms with E-state index in [2.05, 4.69) is 5.32 Å². The number of carbonyl (C=O) groups excluding carboxylic acids is 1. The zero-order valence-electron chi connectivity index (χ0n) is 14.4. The first kappa shape index (κ1) is 18.1. The zero-order chi connectivity index (χ0) is 18.0. The molecule has 5 nitrogen and oxygen atoms in total. The van der Waals surface area contributed by atoms with Crippen LogP contribution in [0.4, 0.5) is 5.69 Å². The summed E-state index contributed by atoms with van der Waals surface area (Å²) in [6.07, 6.45) is 2.85. The first-order valence-corrected chi connectivity index (χ1v) is 10.7. The number of nitrogens with one attached hydrogen (secondary N) is 1. The van der Waals surface area contributed by atoms with E-state index in [9.17, 15) is 13.2 Å². The quantitative estimate of drug-likeness (QED) is 0.880. The minimum Gasteiger partial charge on any atom is -0.321 e. The number of aryl methyl sites for hydroxylation is 2. The molecule has 25 heavy (non-hydrogen) atoms. The van der Waals surface area contributed by atoms with Crippen molar-refractivity contribution < 1.29 is 13.2 Å². The van der Waals surface area contributed by atoms with Crippen LogP contribution >= 0.6 is 11.3 Å². The molecule has 0 saturated carbocycles. The van der Waals surface area contributed by atoms with Gasteiger partial charge in [0.25, 0.3) is 5.91 Å². The van der Waals surface area contributed by atoms with Crippen LogP contribution in [-0.2, 0) is 10.0 Å². The summed E-state index contributed by atoms with van der Waals surface area (Å²) >= 11 is 1.16. The van der Waals surface area contributed by atoms with Gasteiger partial charge in [0.05, 0.1) is 9.77 Å². The second-order valence-corrected chi connectivity index (χ2v) is 9.23. The molecule has 134 valence electrons. The molecule has 7 heteroatoms. The number of hydrogen-bond donors (Lipinski definition) is 1. The summed E-state index contributed by atoms with van der Waals surface area (Å²) in [5, 5.41) is 4.42. The number of hydrogen-bond acceptors (Lipinski definition) is 4. The highest BCUT2D eigenvalue weighted by Gasteiger charge is 2.27. The molecule has 1 aliphatic rings. The number of amides is 1. The Hall–Kier alpha value is -1.70. The average Bonchev–Trinajstić information content (AvgIpc) is 3.09. The summed E-state index contributed by atoms with van der Waals surface area (Å²) in [7, 11) is -3.50. The molecule has 0 radical (unpaired) electrons. The van der Waals surface area contributed by atoms with Crippen LogP contribution in [0.3, 0.4) is 0 Å². The summed E-state index contributed by atoms with van der Waals surface area (Å²) in [6.45, 7) is 5.05. The summed E-state index contributed by atoms with van der Waals surface area (Å²) in [4.78, 5) is 13.1. The van der Waals surface area contributed by atoms with Crippen LogP contribution in [0.15, 0.2) is 34.5 Å². The van der Waals surface area contributed by atoms with Gasteiger partial charge in [-0.15, -0.1) is 11.3 Å². The second kappa shape index (κ2) is 7.27. The van der Waals surface area contributed by atoms with Crippen molar-refractivity contribution in [2.24, 2.45) is 0 Å².